The van der Waals surface area contributed by atoms with Gasteiger partial charge in [-0.2, -0.15) is 0 Å². The number of hydrogen-bond acceptors (Lipinski definition) is 5. The molecule has 0 aliphatic carbocycles. The summed E-state index contributed by atoms with van der Waals surface area (Å²) < 4.78 is 0.589. The number of thioether (sulfide) groups is 2. The molecule has 2 aliphatic rings. The minimum absolute atomic E-state index is 0.0330. The molecule has 2 heterocycles. The summed E-state index contributed by atoms with van der Waals surface area (Å²) in [6.45, 7) is 4.93. The van der Waals surface area contributed by atoms with Crippen molar-refractivity contribution in [1.82, 2.24) is 0 Å². The van der Waals surface area contributed by atoms with Crippen molar-refractivity contribution in [3.8, 4) is 0 Å². The smallest absolute Gasteiger partial charge is 0.273 e. The monoisotopic (exact) mass is 384 g/mol. The fraction of sp³-hybridized carbons (Fsp3) is 0.158. The molecule has 0 unspecified atom stereocenters. The van der Waals surface area contributed by atoms with E-state index in [-0.39, 0.29) is 5.91 Å². The maximum absolute atomic E-state index is 13.1. The molecule has 1 fully saturated rings. The van der Waals surface area contributed by atoms with Crippen LogP contribution in [0.4, 0.5) is 11.4 Å². The van der Waals surface area contributed by atoms with Crippen molar-refractivity contribution in [2.24, 2.45) is 0 Å². The van der Waals surface area contributed by atoms with Gasteiger partial charge in [0, 0.05) is 11.4 Å². The molecule has 0 bridgehead atoms. The van der Waals surface area contributed by atoms with Gasteiger partial charge in [-0.15, -0.1) is 0 Å². The number of carbonyl (C=O) groups excluding carboxylic acids is 1. The Morgan fingerprint density at radius 2 is 1.88 bits per heavy atom. The maximum Gasteiger partial charge on any atom is 0.273 e. The van der Waals surface area contributed by atoms with E-state index in [1.54, 1.807) is 16.7 Å². The average Bonchev–Trinajstić information content (AvgIpc) is 3.11. The van der Waals surface area contributed by atoms with Crippen molar-refractivity contribution >= 4 is 57.3 Å². The van der Waals surface area contributed by atoms with E-state index in [2.05, 4.69) is 24.0 Å². The lowest BCUT2D eigenvalue weighted by Gasteiger charge is -2.19. The summed E-state index contributed by atoms with van der Waals surface area (Å²) in [6.07, 6.45) is 0. The van der Waals surface area contributed by atoms with Crippen LogP contribution in [0.3, 0.4) is 0 Å². The zero-order chi connectivity index (χ0) is 17.6. The van der Waals surface area contributed by atoms with E-state index in [1.807, 2.05) is 43.3 Å². The Morgan fingerprint density at radius 3 is 2.64 bits per heavy atom. The van der Waals surface area contributed by atoms with Crippen LogP contribution in [-0.4, -0.2) is 16.8 Å². The molecule has 2 aliphatic heterocycles. The van der Waals surface area contributed by atoms with Gasteiger partial charge in [-0.3, -0.25) is 9.69 Å². The Bertz CT molecular complexity index is 922. The van der Waals surface area contributed by atoms with Gasteiger partial charge in [0.1, 0.15) is 9.93 Å². The summed E-state index contributed by atoms with van der Waals surface area (Å²) in [4.78, 5) is 18.9. The molecule has 2 aromatic carbocycles. The molecule has 2 aromatic rings. The third-order valence-corrected chi connectivity index (χ3v) is 6.82. The lowest BCUT2D eigenvalue weighted by atomic mass is 10.2. The Kier molecular flexibility index (Phi) is 4.35. The normalized spacial score (nSPS) is 19.8. The Morgan fingerprint density at radius 1 is 1.08 bits per heavy atom. The van der Waals surface area contributed by atoms with Crippen LogP contribution in [0.15, 0.2) is 63.4 Å². The van der Waals surface area contributed by atoms with Crippen molar-refractivity contribution in [2.75, 3.05) is 16.3 Å². The Hall–Kier alpha value is -1.76. The van der Waals surface area contributed by atoms with Crippen molar-refractivity contribution < 1.29 is 4.79 Å². The van der Waals surface area contributed by atoms with Crippen LogP contribution in [0.1, 0.15) is 12.5 Å². The van der Waals surface area contributed by atoms with Gasteiger partial charge >= 0.3 is 0 Å². The first-order chi connectivity index (χ1) is 12.1. The number of hydrogen-bond donors (Lipinski definition) is 0. The number of rotatable bonds is 2. The molecule has 0 radical (unpaired) electrons. The number of aryl methyl sites for hydroxylation is 1. The molecule has 6 heteroatoms. The number of anilines is 2. The van der Waals surface area contributed by atoms with Crippen molar-refractivity contribution in [2.45, 2.75) is 18.7 Å². The summed E-state index contributed by atoms with van der Waals surface area (Å²) in [5.74, 6) is -0.0330. The first-order valence-electron chi connectivity index (χ1n) is 8.01. The molecular formula is C19H16N2OS3. The second-order valence-electron chi connectivity index (χ2n) is 5.80. The van der Waals surface area contributed by atoms with Crippen molar-refractivity contribution in [1.29, 1.82) is 0 Å². The van der Waals surface area contributed by atoms with Crippen LogP contribution < -0.4 is 9.80 Å². The number of fused-ring (bicyclic) bond motifs is 1. The Balaban J connectivity index is 1.76. The van der Waals surface area contributed by atoms with E-state index in [0.29, 0.717) is 4.32 Å². The van der Waals surface area contributed by atoms with E-state index >= 15 is 0 Å². The predicted octanol–water partition coefficient (Wildman–Crippen LogP) is 5.16. The van der Waals surface area contributed by atoms with Gasteiger partial charge in [0.2, 0.25) is 0 Å². The molecule has 0 spiro atoms. The highest BCUT2D eigenvalue weighted by molar-refractivity contribution is 8.27. The van der Waals surface area contributed by atoms with Gasteiger partial charge in [-0.25, -0.2) is 0 Å². The first-order valence-corrected chi connectivity index (χ1v) is 10.1. The molecule has 126 valence electrons. The van der Waals surface area contributed by atoms with Crippen molar-refractivity contribution in [3.05, 3.63) is 64.0 Å². The van der Waals surface area contributed by atoms with E-state index in [1.165, 1.54) is 16.7 Å². The highest BCUT2D eigenvalue weighted by Gasteiger charge is 2.39. The summed E-state index contributed by atoms with van der Waals surface area (Å²) in [7, 11) is 0. The molecule has 25 heavy (non-hydrogen) atoms. The standard InChI is InChI=1S/C19H16N2OS3/c1-3-20-14-9-4-5-10-15(14)24-18(20)16-17(22)21(19(23)25-16)13-8-6-7-12(2)11-13/h4-11H,3H2,1-2H3/b18-16-. The van der Waals surface area contributed by atoms with Gasteiger partial charge < -0.3 is 4.90 Å². The summed E-state index contributed by atoms with van der Waals surface area (Å²) >= 11 is 8.57. The number of benzene rings is 2. The van der Waals surface area contributed by atoms with Crippen LogP contribution in [-0.2, 0) is 4.79 Å². The van der Waals surface area contributed by atoms with Crippen molar-refractivity contribution in [3.63, 3.8) is 0 Å². The topological polar surface area (TPSA) is 23.6 Å². The van der Waals surface area contributed by atoms with Gasteiger partial charge in [0.15, 0.2) is 4.32 Å². The average molecular weight is 385 g/mol. The number of carbonyl (C=O) groups is 1. The van der Waals surface area contributed by atoms with E-state index in [9.17, 15) is 4.79 Å². The number of thiocarbonyl (C=S) groups is 1. The minimum atomic E-state index is -0.0330. The molecule has 0 aromatic heterocycles. The number of amides is 1. The lowest BCUT2D eigenvalue weighted by molar-refractivity contribution is -0.113. The van der Waals surface area contributed by atoms with Crippen LogP contribution in [0.2, 0.25) is 0 Å². The van der Waals surface area contributed by atoms with Gasteiger partial charge in [0.25, 0.3) is 5.91 Å². The zero-order valence-corrected chi connectivity index (χ0v) is 16.3. The van der Waals surface area contributed by atoms with E-state index in [4.69, 9.17) is 12.2 Å². The summed E-state index contributed by atoms with van der Waals surface area (Å²) in [5, 5.41) is 0.983. The zero-order valence-electron chi connectivity index (χ0n) is 13.9. The number of para-hydroxylation sites is 1. The predicted molar refractivity (Wildman–Crippen MR) is 111 cm³/mol. The molecule has 1 amide bonds. The molecule has 4 rings (SSSR count). The molecule has 0 atom stereocenters. The minimum Gasteiger partial charge on any atom is -0.334 e. The molecule has 0 N–H and O–H groups in total. The molecule has 0 saturated carbocycles. The maximum atomic E-state index is 13.1. The van der Waals surface area contributed by atoms with E-state index in [0.717, 1.165) is 33.4 Å². The first kappa shape index (κ1) is 16.7. The lowest BCUT2D eigenvalue weighted by Crippen LogP contribution is -2.28. The van der Waals surface area contributed by atoms with Gasteiger partial charge in [0.05, 0.1) is 11.4 Å². The van der Waals surface area contributed by atoms with Crippen LogP contribution >= 0.6 is 35.7 Å². The fourth-order valence-electron chi connectivity index (χ4n) is 3.00. The third-order valence-electron chi connectivity index (χ3n) is 4.15. The van der Waals surface area contributed by atoms with Crippen LogP contribution in [0.25, 0.3) is 0 Å². The quantitative estimate of drug-likeness (QED) is 0.526. The second kappa shape index (κ2) is 6.52. The highest BCUT2D eigenvalue weighted by Crippen LogP contribution is 2.50. The Labute approximate surface area is 161 Å². The summed E-state index contributed by atoms with van der Waals surface area (Å²) in [6, 6.07) is 16.1. The van der Waals surface area contributed by atoms with Crippen LogP contribution in [0.5, 0.6) is 0 Å². The van der Waals surface area contributed by atoms with E-state index < -0.39 is 0 Å². The van der Waals surface area contributed by atoms with Crippen LogP contribution in [0, 0.1) is 6.92 Å². The number of nitrogens with zero attached hydrogens (tertiary/aromatic N) is 2. The SMILES string of the molecule is CCN1/C(=C2/SC(=S)N(c3cccc(C)c3)C2=O)Sc2ccccc21. The molecule has 3 nitrogen and oxygen atoms in total. The second-order valence-corrected chi connectivity index (χ2v) is 8.47. The van der Waals surface area contributed by atoms with Gasteiger partial charge in [-0.1, -0.05) is 60.0 Å². The fourth-order valence-corrected chi connectivity index (χ4v) is 5.68. The van der Waals surface area contributed by atoms with Gasteiger partial charge in [-0.05, 0) is 43.7 Å². The largest absolute Gasteiger partial charge is 0.334 e. The summed E-state index contributed by atoms with van der Waals surface area (Å²) in [5.41, 5.74) is 3.10. The molecule has 1 saturated heterocycles. The highest BCUT2D eigenvalue weighted by atomic mass is 32.2. The third kappa shape index (κ3) is 2.78. The molecular weight excluding hydrogens is 368 g/mol.